The quantitative estimate of drug-likeness (QED) is 0.676. The molecule has 2 heterocycles. The Balaban J connectivity index is 1.52. The van der Waals surface area contributed by atoms with Crippen LogP contribution < -0.4 is 4.90 Å². The van der Waals surface area contributed by atoms with Crippen LogP contribution in [0.3, 0.4) is 0 Å². The zero-order valence-corrected chi connectivity index (χ0v) is 15.6. The van der Waals surface area contributed by atoms with Gasteiger partial charge in [0.25, 0.3) is 5.91 Å². The van der Waals surface area contributed by atoms with E-state index < -0.39 is 5.82 Å². The molecule has 0 atom stereocenters. The topological polar surface area (TPSA) is 49.3 Å². The smallest absolute Gasteiger partial charge is 0.258 e. The SMILES string of the molecule is Cc1nc2ccccc2nc1N1CCN(C(=O)c2c(F)cccc2Cl)CC1. The third-order valence-electron chi connectivity index (χ3n) is 4.76. The largest absolute Gasteiger partial charge is 0.352 e. The van der Waals surface area contributed by atoms with Crippen molar-refractivity contribution in [2.75, 3.05) is 31.1 Å². The van der Waals surface area contributed by atoms with Gasteiger partial charge in [-0.2, -0.15) is 0 Å². The third kappa shape index (κ3) is 3.32. The summed E-state index contributed by atoms with van der Waals surface area (Å²) in [7, 11) is 0. The first kappa shape index (κ1) is 17.7. The number of nitrogens with zero attached hydrogens (tertiary/aromatic N) is 4. The third-order valence-corrected chi connectivity index (χ3v) is 5.08. The number of aromatic nitrogens is 2. The van der Waals surface area contributed by atoms with Crippen LogP contribution in [0, 0.1) is 12.7 Å². The van der Waals surface area contributed by atoms with E-state index in [4.69, 9.17) is 16.6 Å². The number of hydrogen-bond donors (Lipinski definition) is 0. The number of fused-ring (bicyclic) bond motifs is 1. The minimum absolute atomic E-state index is 0.0608. The van der Waals surface area contributed by atoms with E-state index >= 15 is 0 Å². The van der Waals surface area contributed by atoms with Gasteiger partial charge >= 0.3 is 0 Å². The van der Waals surface area contributed by atoms with Gasteiger partial charge in [-0.3, -0.25) is 4.79 Å². The van der Waals surface area contributed by atoms with Crippen LogP contribution in [0.4, 0.5) is 10.2 Å². The Morgan fingerprint density at radius 1 is 1.00 bits per heavy atom. The summed E-state index contributed by atoms with van der Waals surface area (Å²) >= 11 is 6.03. The zero-order chi connectivity index (χ0) is 19.0. The number of para-hydroxylation sites is 2. The average molecular weight is 385 g/mol. The molecule has 7 heteroatoms. The van der Waals surface area contributed by atoms with Crippen LogP contribution >= 0.6 is 11.6 Å². The van der Waals surface area contributed by atoms with Gasteiger partial charge in [0.1, 0.15) is 5.82 Å². The lowest BCUT2D eigenvalue weighted by Gasteiger charge is -2.36. The van der Waals surface area contributed by atoms with E-state index in [1.165, 1.54) is 18.2 Å². The Morgan fingerprint density at radius 3 is 2.33 bits per heavy atom. The van der Waals surface area contributed by atoms with E-state index in [-0.39, 0.29) is 16.5 Å². The van der Waals surface area contributed by atoms with Gasteiger partial charge in [-0.05, 0) is 31.2 Å². The standard InChI is InChI=1S/C20H18ClFN4O/c1-13-19(24-17-8-3-2-7-16(17)23-13)25-9-11-26(12-10-25)20(27)18-14(21)5-4-6-15(18)22/h2-8H,9-12H2,1H3. The molecule has 1 fully saturated rings. The molecule has 5 nitrogen and oxygen atoms in total. The fourth-order valence-corrected chi connectivity index (χ4v) is 3.60. The maximum atomic E-state index is 14.0. The van der Waals surface area contributed by atoms with E-state index in [0.717, 1.165) is 22.5 Å². The Labute approximate surface area is 161 Å². The Morgan fingerprint density at radius 2 is 1.67 bits per heavy atom. The van der Waals surface area contributed by atoms with Crippen molar-refractivity contribution in [2.24, 2.45) is 0 Å². The molecule has 0 spiro atoms. The van der Waals surface area contributed by atoms with E-state index in [1.54, 1.807) is 4.90 Å². The molecule has 138 valence electrons. The molecular formula is C20H18ClFN4O. The number of carbonyl (C=O) groups is 1. The van der Waals surface area contributed by atoms with Gasteiger partial charge in [-0.15, -0.1) is 0 Å². The molecule has 0 unspecified atom stereocenters. The molecule has 1 aromatic heterocycles. The fourth-order valence-electron chi connectivity index (χ4n) is 3.36. The maximum absolute atomic E-state index is 14.0. The van der Waals surface area contributed by atoms with Crippen LogP contribution in [0.5, 0.6) is 0 Å². The number of rotatable bonds is 2. The Hall–Kier alpha value is -2.73. The molecule has 1 amide bonds. The van der Waals surface area contributed by atoms with Crippen LogP contribution in [-0.2, 0) is 0 Å². The first-order chi connectivity index (χ1) is 13.0. The zero-order valence-electron chi connectivity index (χ0n) is 14.8. The van der Waals surface area contributed by atoms with Crippen molar-refractivity contribution in [2.45, 2.75) is 6.92 Å². The summed E-state index contributed by atoms with van der Waals surface area (Å²) in [5, 5.41) is 0.138. The lowest BCUT2D eigenvalue weighted by Crippen LogP contribution is -2.49. The number of halogens is 2. The molecule has 0 saturated carbocycles. The summed E-state index contributed by atoms with van der Waals surface area (Å²) in [5.41, 5.74) is 2.50. The predicted molar refractivity (Wildman–Crippen MR) is 104 cm³/mol. The Bertz CT molecular complexity index is 998. The maximum Gasteiger partial charge on any atom is 0.258 e. The number of hydrogen-bond acceptors (Lipinski definition) is 4. The summed E-state index contributed by atoms with van der Waals surface area (Å²) in [5.74, 6) is -0.144. The molecule has 2 aromatic carbocycles. The summed E-state index contributed by atoms with van der Waals surface area (Å²) in [4.78, 5) is 25.8. The van der Waals surface area contributed by atoms with Crippen molar-refractivity contribution >= 4 is 34.4 Å². The van der Waals surface area contributed by atoms with Crippen molar-refractivity contribution in [3.05, 3.63) is 64.6 Å². The van der Waals surface area contributed by atoms with Gasteiger partial charge in [0.05, 0.1) is 27.3 Å². The van der Waals surface area contributed by atoms with Gasteiger partial charge < -0.3 is 9.80 Å². The number of anilines is 1. The van der Waals surface area contributed by atoms with Gasteiger partial charge in [0.15, 0.2) is 5.82 Å². The van der Waals surface area contributed by atoms with Crippen LogP contribution in [0.15, 0.2) is 42.5 Å². The number of carbonyl (C=O) groups excluding carboxylic acids is 1. The van der Waals surface area contributed by atoms with Crippen molar-refractivity contribution < 1.29 is 9.18 Å². The summed E-state index contributed by atoms with van der Waals surface area (Å²) in [6.07, 6.45) is 0. The second kappa shape index (κ2) is 7.12. The van der Waals surface area contributed by atoms with Crippen LogP contribution in [0.2, 0.25) is 5.02 Å². The molecule has 0 aliphatic carbocycles. The summed E-state index contributed by atoms with van der Waals surface area (Å²) < 4.78 is 14.0. The van der Waals surface area contributed by atoms with E-state index in [2.05, 4.69) is 9.88 Å². The van der Waals surface area contributed by atoms with Crippen molar-refractivity contribution in [3.8, 4) is 0 Å². The molecule has 27 heavy (non-hydrogen) atoms. The highest BCUT2D eigenvalue weighted by Crippen LogP contribution is 2.24. The highest BCUT2D eigenvalue weighted by Gasteiger charge is 2.27. The first-order valence-electron chi connectivity index (χ1n) is 8.76. The lowest BCUT2D eigenvalue weighted by atomic mass is 10.1. The van der Waals surface area contributed by atoms with Crippen LogP contribution in [0.25, 0.3) is 11.0 Å². The highest BCUT2D eigenvalue weighted by atomic mass is 35.5. The molecule has 0 radical (unpaired) electrons. The second-order valence-corrected chi connectivity index (χ2v) is 6.90. The number of piperazine rings is 1. The number of amides is 1. The van der Waals surface area contributed by atoms with Gasteiger partial charge in [0.2, 0.25) is 0 Å². The van der Waals surface area contributed by atoms with Crippen molar-refractivity contribution in [3.63, 3.8) is 0 Å². The molecule has 1 aliphatic heterocycles. The van der Waals surface area contributed by atoms with E-state index in [0.29, 0.717) is 26.2 Å². The first-order valence-corrected chi connectivity index (χ1v) is 9.14. The van der Waals surface area contributed by atoms with E-state index in [9.17, 15) is 9.18 Å². The van der Waals surface area contributed by atoms with Crippen molar-refractivity contribution in [1.82, 2.24) is 14.9 Å². The summed E-state index contributed by atoms with van der Waals surface area (Å²) in [6, 6.07) is 12.0. The second-order valence-electron chi connectivity index (χ2n) is 6.50. The number of aryl methyl sites for hydroxylation is 1. The minimum Gasteiger partial charge on any atom is -0.352 e. The molecule has 3 aromatic rings. The normalized spacial score (nSPS) is 14.6. The molecule has 4 rings (SSSR count). The van der Waals surface area contributed by atoms with Gasteiger partial charge in [-0.25, -0.2) is 14.4 Å². The monoisotopic (exact) mass is 384 g/mol. The van der Waals surface area contributed by atoms with E-state index in [1.807, 2.05) is 31.2 Å². The fraction of sp³-hybridized carbons (Fsp3) is 0.250. The molecule has 0 N–H and O–H groups in total. The van der Waals surface area contributed by atoms with Gasteiger partial charge in [0, 0.05) is 26.2 Å². The molecule has 1 saturated heterocycles. The molecule has 1 aliphatic rings. The number of benzene rings is 2. The van der Waals surface area contributed by atoms with Crippen LogP contribution in [-0.4, -0.2) is 47.0 Å². The highest BCUT2D eigenvalue weighted by molar-refractivity contribution is 6.33. The molecular weight excluding hydrogens is 367 g/mol. The lowest BCUT2D eigenvalue weighted by molar-refractivity contribution is 0.0742. The minimum atomic E-state index is -0.592. The Kier molecular flexibility index (Phi) is 4.66. The predicted octanol–water partition coefficient (Wildman–Crippen LogP) is 3.69. The van der Waals surface area contributed by atoms with Gasteiger partial charge in [-0.1, -0.05) is 29.8 Å². The summed E-state index contributed by atoms with van der Waals surface area (Å²) in [6.45, 7) is 4.08. The van der Waals surface area contributed by atoms with Crippen molar-refractivity contribution in [1.29, 1.82) is 0 Å². The van der Waals surface area contributed by atoms with Crippen LogP contribution in [0.1, 0.15) is 16.1 Å². The molecule has 0 bridgehead atoms. The average Bonchev–Trinajstić information content (AvgIpc) is 2.67.